The number of ether oxygens (including phenoxy) is 1. The summed E-state index contributed by atoms with van der Waals surface area (Å²) in [6, 6.07) is 5.56. The van der Waals surface area contributed by atoms with Crippen LogP contribution >= 0.6 is 0 Å². The molecule has 0 saturated carbocycles. The number of aromatic nitrogens is 4. The number of aromatic amines is 1. The van der Waals surface area contributed by atoms with Gasteiger partial charge in [0.15, 0.2) is 5.69 Å². The zero-order valence-corrected chi connectivity index (χ0v) is 18.5. The van der Waals surface area contributed by atoms with Gasteiger partial charge in [-0.2, -0.15) is 14.8 Å². The Labute approximate surface area is 184 Å². The highest BCUT2D eigenvalue weighted by Gasteiger charge is 2.18. The van der Waals surface area contributed by atoms with Gasteiger partial charge in [-0.3, -0.25) is 20.0 Å². The average Bonchev–Trinajstić information content (AvgIpc) is 3.05. The second-order valence-corrected chi connectivity index (χ2v) is 7.13. The molecule has 168 valence electrons. The van der Waals surface area contributed by atoms with Crippen molar-refractivity contribution in [2.45, 2.75) is 47.0 Å². The molecule has 0 amide bonds. The van der Waals surface area contributed by atoms with E-state index in [0.717, 1.165) is 30.5 Å². The number of hydrogen-bond acceptors (Lipinski definition) is 8. The molecule has 0 unspecified atom stereocenters. The van der Waals surface area contributed by atoms with E-state index in [0.29, 0.717) is 23.9 Å². The Bertz CT molecular complexity index is 1200. The van der Waals surface area contributed by atoms with Crippen LogP contribution in [-0.2, 0) is 6.42 Å². The standard InChI is InChI=1S/C21H25N7O4/c1-5-7-8-17-13(3)22-21(23-19(17)32-6-2)27-20(29)18(14(4)26-27)25-24-15-9-11-16(12-10-15)28(30)31/h9-12,26H,5-8H2,1-4H3. The summed E-state index contributed by atoms with van der Waals surface area (Å²) in [5.41, 5.74) is 2.13. The molecule has 11 heteroatoms. The third-order valence-corrected chi connectivity index (χ3v) is 4.79. The number of benzene rings is 1. The Morgan fingerprint density at radius 3 is 2.50 bits per heavy atom. The molecule has 11 nitrogen and oxygen atoms in total. The molecule has 0 fully saturated rings. The van der Waals surface area contributed by atoms with Crippen LogP contribution < -0.4 is 10.3 Å². The van der Waals surface area contributed by atoms with Gasteiger partial charge in [0.25, 0.3) is 11.6 Å². The summed E-state index contributed by atoms with van der Waals surface area (Å²) in [6.07, 6.45) is 2.81. The molecule has 0 spiro atoms. The zero-order chi connectivity index (χ0) is 23.3. The molecule has 0 aliphatic heterocycles. The smallest absolute Gasteiger partial charge is 0.301 e. The summed E-state index contributed by atoms with van der Waals surface area (Å²) in [5.74, 6) is 0.632. The molecule has 1 N–H and O–H groups in total. The first kappa shape index (κ1) is 22.8. The molecule has 0 aliphatic carbocycles. The molecule has 0 aliphatic rings. The minimum Gasteiger partial charge on any atom is -0.478 e. The summed E-state index contributed by atoms with van der Waals surface area (Å²) < 4.78 is 6.92. The van der Waals surface area contributed by atoms with E-state index < -0.39 is 10.5 Å². The van der Waals surface area contributed by atoms with E-state index in [-0.39, 0.29) is 17.3 Å². The van der Waals surface area contributed by atoms with Crippen molar-refractivity contribution in [3.8, 4) is 11.8 Å². The molecule has 3 rings (SSSR count). The molecule has 0 bridgehead atoms. The number of nitro groups is 1. The fourth-order valence-corrected chi connectivity index (χ4v) is 3.10. The zero-order valence-electron chi connectivity index (χ0n) is 18.5. The summed E-state index contributed by atoms with van der Waals surface area (Å²) in [4.78, 5) is 32.2. The maximum atomic E-state index is 13.0. The van der Waals surface area contributed by atoms with E-state index in [1.165, 1.54) is 28.9 Å². The normalized spacial score (nSPS) is 11.2. The minimum atomic E-state index is -0.498. The van der Waals surface area contributed by atoms with Gasteiger partial charge >= 0.3 is 5.56 Å². The number of rotatable bonds is 9. The van der Waals surface area contributed by atoms with Crippen molar-refractivity contribution < 1.29 is 9.66 Å². The minimum absolute atomic E-state index is 0.0517. The van der Waals surface area contributed by atoms with Gasteiger partial charge in [0.2, 0.25) is 5.88 Å². The van der Waals surface area contributed by atoms with Crippen molar-refractivity contribution >= 4 is 17.1 Å². The number of nitrogens with zero attached hydrogens (tertiary/aromatic N) is 6. The van der Waals surface area contributed by atoms with Crippen LogP contribution in [0.15, 0.2) is 39.3 Å². The van der Waals surface area contributed by atoms with Gasteiger partial charge in [0, 0.05) is 23.4 Å². The fourth-order valence-electron chi connectivity index (χ4n) is 3.10. The summed E-state index contributed by atoms with van der Waals surface area (Å²) in [5, 5.41) is 21.8. The van der Waals surface area contributed by atoms with E-state index in [1.54, 1.807) is 6.92 Å². The third-order valence-electron chi connectivity index (χ3n) is 4.79. The molecule has 2 heterocycles. The van der Waals surface area contributed by atoms with Crippen LogP contribution in [0.3, 0.4) is 0 Å². The van der Waals surface area contributed by atoms with Crippen molar-refractivity contribution in [3.05, 3.63) is 61.7 Å². The van der Waals surface area contributed by atoms with Gasteiger partial charge in [-0.05, 0) is 45.7 Å². The predicted octanol–water partition coefficient (Wildman–Crippen LogP) is 4.64. The molecule has 0 saturated heterocycles. The molecule has 0 atom stereocenters. The van der Waals surface area contributed by atoms with E-state index in [2.05, 4.69) is 32.2 Å². The second kappa shape index (κ2) is 9.94. The van der Waals surface area contributed by atoms with Crippen LogP contribution in [0, 0.1) is 24.0 Å². The molecule has 3 aromatic rings. The molecule has 32 heavy (non-hydrogen) atoms. The van der Waals surface area contributed by atoms with Crippen molar-refractivity contribution in [3.63, 3.8) is 0 Å². The van der Waals surface area contributed by atoms with E-state index in [9.17, 15) is 14.9 Å². The molecule has 2 aromatic heterocycles. The van der Waals surface area contributed by atoms with E-state index in [4.69, 9.17) is 4.74 Å². The molecule has 1 aromatic carbocycles. The number of aryl methyl sites for hydroxylation is 2. The summed E-state index contributed by atoms with van der Waals surface area (Å²) >= 11 is 0. The van der Waals surface area contributed by atoms with Gasteiger partial charge in [-0.1, -0.05) is 13.3 Å². The lowest BCUT2D eigenvalue weighted by Gasteiger charge is -2.13. The van der Waals surface area contributed by atoms with Crippen LogP contribution in [0.5, 0.6) is 5.88 Å². The van der Waals surface area contributed by atoms with E-state index in [1.807, 2.05) is 13.8 Å². The SMILES string of the molecule is CCCCc1c(C)nc(-n2[nH]c(C)c(N=Nc3ccc([N+](=O)[O-])cc3)c2=O)nc1OCC. The largest absolute Gasteiger partial charge is 0.478 e. The second-order valence-electron chi connectivity index (χ2n) is 7.13. The van der Waals surface area contributed by atoms with Crippen LogP contribution in [-0.4, -0.2) is 31.3 Å². The highest BCUT2D eigenvalue weighted by atomic mass is 16.6. The van der Waals surface area contributed by atoms with Crippen LogP contribution in [0.4, 0.5) is 17.1 Å². The van der Waals surface area contributed by atoms with Crippen molar-refractivity contribution in [2.24, 2.45) is 10.2 Å². The van der Waals surface area contributed by atoms with Gasteiger partial charge in [0.05, 0.1) is 22.9 Å². The maximum absolute atomic E-state index is 13.0. The van der Waals surface area contributed by atoms with Crippen molar-refractivity contribution in [1.82, 2.24) is 19.7 Å². The Kier molecular flexibility index (Phi) is 7.08. The number of nitrogens with one attached hydrogen (secondary N) is 1. The quantitative estimate of drug-likeness (QED) is 0.292. The van der Waals surface area contributed by atoms with Gasteiger partial charge in [-0.15, -0.1) is 5.11 Å². The number of unbranched alkanes of at least 4 members (excludes halogenated alkanes) is 1. The lowest BCUT2D eigenvalue weighted by atomic mass is 10.1. The Morgan fingerprint density at radius 1 is 1.16 bits per heavy atom. The summed E-state index contributed by atoms with van der Waals surface area (Å²) in [6.45, 7) is 7.99. The van der Waals surface area contributed by atoms with Crippen LogP contribution in [0.1, 0.15) is 43.6 Å². The number of azo groups is 1. The third kappa shape index (κ3) is 4.88. The first-order chi connectivity index (χ1) is 15.3. The molecular formula is C21H25N7O4. The van der Waals surface area contributed by atoms with Crippen molar-refractivity contribution in [2.75, 3.05) is 6.61 Å². The van der Waals surface area contributed by atoms with Gasteiger partial charge < -0.3 is 4.74 Å². The molecule has 0 radical (unpaired) electrons. The fraction of sp³-hybridized carbons (Fsp3) is 0.381. The van der Waals surface area contributed by atoms with E-state index >= 15 is 0 Å². The monoisotopic (exact) mass is 439 g/mol. The Balaban J connectivity index is 1.96. The highest BCUT2D eigenvalue weighted by molar-refractivity contribution is 5.46. The number of H-pyrrole nitrogens is 1. The Hall–Kier alpha value is -3.89. The van der Waals surface area contributed by atoms with Crippen LogP contribution in [0.25, 0.3) is 5.95 Å². The predicted molar refractivity (Wildman–Crippen MR) is 119 cm³/mol. The van der Waals surface area contributed by atoms with Gasteiger partial charge in [-0.25, -0.2) is 4.98 Å². The molecular weight excluding hydrogens is 414 g/mol. The number of nitro benzene ring substituents is 1. The number of non-ortho nitro benzene ring substituents is 1. The lowest BCUT2D eigenvalue weighted by molar-refractivity contribution is -0.384. The topological polar surface area (TPSA) is 141 Å². The van der Waals surface area contributed by atoms with Gasteiger partial charge in [0.1, 0.15) is 0 Å². The average molecular weight is 439 g/mol. The highest BCUT2D eigenvalue weighted by Crippen LogP contribution is 2.24. The summed E-state index contributed by atoms with van der Waals surface area (Å²) in [7, 11) is 0. The first-order valence-corrected chi connectivity index (χ1v) is 10.3. The number of hydrogen-bond donors (Lipinski definition) is 1. The van der Waals surface area contributed by atoms with Crippen molar-refractivity contribution in [1.29, 1.82) is 0 Å². The maximum Gasteiger partial charge on any atom is 0.301 e. The van der Waals surface area contributed by atoms with Crippen LogP contribution in [0.2, 0.25) is 0 Å². The lowest BCUT2D eigenvalue weighted by Crippen LogP contribution is -2.19. The Morgan fingerprint density at radius 2 is 1.88 bits per heavy atom. The first-order valence-electron chi connectivity index (χ1n) is 10.3.